The zero-order chi connectivity index (χ0) is 23.5. The molecule has 0 radical (unpaired) electrons. The molecule has 1 aliphatic heterocycles. The number of fused-ring (bicyclic) bond motifs is 1. The van der Waals surface area contributed by atoms with Crippen molar-refractivity contribution in [1.82, 2.24) is 10.6 Å². The molecule has 0 aromatic heterocycles. The molecule has 0 saturated carbocycles. The molecule has 32 heavy (non-hydrogen) atoms. The van der Waals surface area contributed by atoms with E-state index >= 15 is 0 Å². The zero-order valence-corrected chi connectivity index (χ0v) is 19.7. The summed E-state index contributed by atoms with van der Waals surface area (Å²) in [5.74, 6) is -0.0603. The molecule has 0 unspecified atom stereocenters. The third kappa shape index (κ3) is 5.83. The van der Waals surface area contributed by atoms with Crippen molar-refractivity contribution in [2.75, 3.05) is 11.0 Å². The summed E-state index contributed by atoms with van der Waals surface area (Å²) in [7, 11) is -3.58. The number of sulfonamides is 1. The summed E-state index contributed by atoms with van der Waals surface area (Å²) < 4.78 is 45.1. The van der Waals surface area contributed by atoms with Crippen LogP contribution in [0.4, 0.5) is 14.9 Å². The van der Waals surface area contributed by atoms with Gasteiger partial charge in [-0.1, -0.05) is 37.6 Å². The molecule has 0 saturated heterocycles. The highest BCUT2D eigenvalue weighted by Gasteiger charge is 2.39. The van der Waals surface area contributed by atoms with E-state index in [-0.39, 0.29) is 18.3 Å². The number of ether oxygens (including phenoxy) is 1. The number of anilines is 1. The van der Waals surface area contributed by atoms with Crippen LogP contribution in [-0.2, 0) is 16.6 Å². The van der Waals surface area contributed by atoms with Crippen molar-refractivity contribution < 1.29 is 22.3 Å². The Hall–Kier alpha value is -2.52. The van der Waals surface area contributed by atoms with E-state index in [2.05, 4.69) is 15.4 Å². The first-order valence-corrected chi connectivity index (χ1v) is 12.6. The Morgan fingerprint density at radius 1 is 1.22 bits per heavy atom. The Morgan fingerprint density at radius 2 is 1.94 bits per heavy atom. The molecule has 7 nitrogen and oxygen atoms in total. The molecule has 10 heteroatoms. The quantitative estimate of drug-likeness (QED) is 0.530. The first-order chi connectivity index (χ1) is 15.0. The lowest BCUT2D eigenvalue weighted by Crippen LogP contribution is -2.46. The summed E-state index contributed by atoms with van der Waals surface area (Å²) in [6, 6.07) is 8.74. The van der Waals surface area contributed by atoms with Crippen LogP contribution >= 0.6 is 11.6 Å². The lowest BCUT2D eigenvalue weighted by molar-refractivity contribution is 0.0244. The fraction of sp³-hybridized carbons (Fsp3) is 0.409. The Labute approximate surface area is 192 Å². The molecule has 3 N–H and O–H groups in total. The van der Waals surface area contributed by atoms with Crippen LogP contribution in [0.5, 0.6) is 5.75 Å². The van der Waals surface area contributed by atoms with E-state index in [0.29, 0.717) is 22.8 Å². The number of hydrogen-bond acceptors (Lipinski definition) is 4. The maximum absolute atomic E-state index is 14.2. The van der Waals surface area contributed by atoms with Gasteiger partial charge >= 0.3 is 6.03 Å². The maximum Gasteiger partial charge on any atom is 0.315 e. The second-order valence-corrected chi connectivity index (χ2v) is 10.1. The number of amides is 2. The van der Waals surface area contributed by atoms with Crippen LogP contribution in [0.15, 0.2) is 36.4 Å². The van der Waals surface area contributed by atoms with Gasteiger partial charge in [0.25, 0.3) is 0 Å². The van der Waals surface area contributed by atoms with Crippen LogP contribution in [0.3, 0.4) is 0 Å². The van der Waals surface area contributed by atoms with Gasteiger partial charge in [-0.3, -0.25) is 4.72 Å². The Morgan fingerprint density at radius 3 is 2.56 bits per heavy atom. The summed E-state index contributed by atoms with van der Waals surface area (Å²) >= 11 is 6.14. The summed E-state index contributed by atoms with van der Waals surface area (Å²) in [4.78, 5) is 12.6. The Kier molecular flexibility index (Phi) is 7.19. The molecule has 0 bridgehead atoms. The van der Waals surface area contributed by atoms with Crippen LogP contribution in [0.1, 0.15) is 50.3 Å². The smallest absolute Gasteiger partial charge is 0.315 e. The van der Waals surface area contributed by atoms with E-state index in [0.717, 1.165) is 24.7 Å². The number of benzene rings is 2. The highest BCUT2D eigenvalue weighted by Crippen LogP contribution is 2.43. The van der Waals surface area contributed by atoms with Crippen LogP contribution in [0, 0.1) is 5.82 Å². The van der Waals surface area contributed by atoms with E-state index in [1.54, 1.807) is 18.2 Å². The highest BCUT2D eigenvalue weighted by atomic mass is 35.5. The van der Waals surface area contributed by atoms with Gasteiger partial charge < -0.3 is 15.4 Å². The molecule has 0 fully saturated rings. The predicted molar refractivity (Wildman–Crippen MR) is 123 cm³/mol. The molecular weight excluding hydrogens is 457 g/mol. The normalized spacial score (nSPS) is 17.1. The molecule has 174 valence electrons. The first-order valence-electron chi connectivity index (χ1n) is 10.3. The third-order valence-corrected chi connectivity index (χ3v) is 6.46. The largest absolute Gasteiger partial charge is 0.487 e. The highest BCUT2D eigenvalue weighted by molar-refractivity contribution is 7.92. The van der Waals surface area contributed by atoms with E-state index in [4.69, 9.17) is 16.3 Å². The van der Waals surface area contributed by atoms with Crippen molar-refractivity contribution in [2.45, 2.75) is 51.3 Å². The van der Waals surface area contributed by atoms with Crippen LogP contribution < -0.4 is 20.1 Å². The van der Waals surface area contributed by atoms with Gasteiger partial charge in [-0.2, -0.15) is 0 Å². The minimum absolute atomic E-state index is 0.0747. The van der Waals surface area contributed by atoms with Crippen molar-refractivity contribution >= 4 is 33.3 Å². The van der Waals surface area contributed by atoms with Crippen molar-refractivity contribution in [3.8, 4) is 5.75 Å². The number of carbonyl (C=O) groups is 1. The summed E-state index contributed by atoms with van der Waals surface area (Å²) in [6.07, 6.45) is 3.12. The zero-order valence-electron chi connectivity index (χ0n) is 18.2. The van der Waals surface area contributed by atoms with Crippen molar-refractivity contribution in [3.63, 3.8) is 0 Å². The second-order valence-electron chi connectivity index (χ2n) is 7.95. The lowest BCUT2D eigenvalue weighted by atomic mass is 9.83. The molecule has 1 aliphatic rings. The van der Waals surface area contributed by atoms with Crippen LogP contribution in [0.2, 0.25) is 5.02 Å². The minimum atomic E-state index is -3.58. The van der Waals surface area contributed by atoms with Gasteiger partial charge in [-0.05, 0) is 42.7 Å². The summed E-state index contributed by atoms with van der Waals surface area (Å²) in [5, 5.41) is 6.27. The molecule has 3 rings (SSSR count). The lowest BCUT2D eigenvalue weighted by Gasteiger charge is -2.41. The SMILES string of the molecule is CCC1(CC)C[C@@H](NC(=O)NCc2ccc(NS(C)(=O)=O)c(F)c2)c2ccc(Cl)cc2O1. The number of hydrogen-bond donors (Lipinski definition) is 3. The fourth-order valence-corrected chi connectivity index (χ4v) is 4.52. The van der Waals surface area contributed by atoms with Gasteiger partial charge in [0.2, 0.25) is 10.0 Å². The number of halogens is 2. The number of rotatable bonds is 7. The average molecular weight is 484 g/mol. The van der Waals surface area contributed by atoms with Gasteiger partial charge in [0.1, 0.15) is 17.2 Å². The molecule has 0 aliphatic carbocycles. The maximum atomic E-state index is 14.2. The van der Waals surface area contributed by atoms with Crippen molar-refractivity contribution in [2.24, 2.45) is 0 Å². The predicted octanol–water partition coefficient (Wildman–Crippen LogP) is 4.73. The van der Waals surface area contributed by atoms with Gasteiger partial charge in [-0.25, -0.2) is 17.6 Å². The van der Waals surface area contributed by atoms with E-state index in [9.17, 15) is 17.6 Å². The van der Waals surface area contributed by atoms with Crippen molar-refractivity contribution in [3.05, 3.63) is 58.4 Å². The second kappa shape index (κ2) is 9.54. The first kappa shape index (κ1) is 24.1. The van der Waals surface area contributed by atoms with Crippen LogP contribution in [-0.4, -0.2) is 26.3 Å². The fourth-order valence-electron chi connectivity index (χ4n) is 3.80. The molecule has 1 heterocycles. The number of urea groups is 1. The summed E-state index contributed by atoms with van der Waals surface area (Å²) in [6.45, 7) is 4.17. The molecular formula is C22H27ClFN3O4S. The van der Waals surface area contributed by atoms with E-state index < -0.39 is 27.5 Å². The van der Waals surface area contributed by atoms with Crippen molar-refractivity contribution in [1.29, 1.82) is 0 Å². The van der Waals surface area contributed by atoms with E-state index in [1.165, 1.54) is 12.1 Å². The minimum Gasteiger partial charge on any atom is -0.487 e. The molecule has 2 aromatic rings. The molecule has 2 amide bonds. The van der Waals surface area contributed by atoms with Crippen LogP contribution in [0.25, 0.3) is 0 Å². The summed E-state index contributed by atoms with van der Waals surface area (Å²) in [5.41, 5.74) is 0.798. The molecule has 0 spiro atoms. The topological polar surface area (TPSA) is 96.5 Å². The van der Waals surface area contributed by atoms with Gasteiger partial charge in [-0.15, -0.1) is 0 Å². The Bertz CT molecular complexity index is 1110. The van der Waals surface area contributed by atoms with Gasteiger partial charge in [0.15, 0.2) is 0 Å². The van der Waals surface area contributed by atoms with Gasteiger partial charge in [0, 0.05) is 23.6 Å². The number of nitrogens with one attached hydrogen (secondary N) is 3. The monoisotopic (exact) mass is 483 g/mol. The Balaban J connectivity index is 1.69. The number of carbonyl (C=O) groups excluding carboxylic acids is 1. The van der Waals surface area contributed by atoms with Gasteiger partial charge in [0.05, 0.1) is 18.0 Å². The molecule has 1 atom stereocenters. The van der Waals surface area contributed by atoms with E-state index in [1.807, 2.05) is 19.9 Å². The third-order valence-electron chi connectivity index (χ3n) is 5.63. The standard InChI is InChI=1S/C22H27ClFN3O4S/c1-4-22(5-2)12-19(16-8-7-15(23)11-20(16)31-22)26-21(28)25-13-14-6-9-18(17(24)10-14)27-32(3,29)30/h6-11,19,27H,4-5,12-13H2,1-3H3,(H2,25,26,28)/t19-/m1/s1. The average Bonchev–Trinajstić information content (AvgIpc) is 2.72. The molecule has 2 aromatic carbocycles.